The second kappa shape index (κ2) is 6.27. The van der Waals surface area contributed by atoms with E-state index in [1.807, 2.05) is 24.3 Å². The standard InChI is InChI=1S/C16H20IN3O/c1-16(2,3)13-12(17)14(18)20-15(19-13)11-8-6-5-7-10(11)9-21-4/h5-8H,9H2,1-4H3,(H2,18,19,20). The molecule has 0 aliphatic carbocycles. The van der Waals surface area contributed by atoms with Gasteiger partial charge in [-0.1, -0.05) is 45.0 Å². The molecule has 2 rings (SSSR count). The molecule has 0 saturated carbocycles. The fourth-order valence-electron chi connectivity index (χ4n) is 2.10. The van der Waals surface area contributed by atoms with Gasteiger partial charge in [-0.2, -0.15) is 0 Å². The highest BCUT2D eigenvalue weighted by Crippen LogP contribution is 2.31. The summed E-state index contributed by atoms with van der Waals surface area (Å²) in [6, 6.07) is 7.98. The minimum absolute atomic E-state index is 0.0848. The second-order valence-corrected chi connectivity index (χ2v) is 7.01. The molecule has 0 unspecified atom stereocenters. The van der Waals surface area contributed by atoms with Crippen LogP contribution in [0, 0.1) is 3.57 Å². The Bertz CT molecular complexity index is 650. The average Bonchev–Trinajstić information content (AvgIpc) is 2.41. The summed E-state index contributed by atoms with van der Waals surface area (Å²) in [5, 5.41) is 0. The molecule has 2 N–H and O–H groups in total. The number of hydrogen-bond acceptors (Lipinski definition) is 4. The van der Waals surface area contributed by atoms with Gasteiger partial charge in [0.1, 0.15) is 5.82 Å². The largest absolute Gasteiger partial charge is 0.383 e. The van der Waals surface area contributed by atoms with Crippen molar-refractivity contribution < 1.29 is 4.74 Å². The van der Waals surface area contributed by atoms with E-state index in [0.717, 1.165) is 20.4 Å². The van der Waals surface area contributed by atoms with Crippen molar-refractivity contribution in [3.63, 3.8) is 0 Å². The fourth-order valence-corrected chi connectivity index (χ4v) is 3.15. The van der Waals surface area contributed by atoms with Crippen LogP contribution < -0.4 is 5.73 Å². The maximum atomic E-state index is 6.09. The summed E-state index contributed by atoms with van der Waals surface area (Å²) in [5.41, 5.74) is 9.00. The Balaban J connectivity index is 2.63. The lowest BCUT2D eigenvalue weighted by Crippen LogP contribution is -2.18. The average molecular weight is 397 g/mol. The molecule has 0 saturated heterocycles. The summed E-state index contributed by atoms with van der Waals surface area (Å²) < 4.78 is 6.18. The van der Waals surface area contributed by atoms with Gasteiger partial charge in [-0.25, -0.2) is 9.97 Å². The monoisotopic (exact) mass is 397 g/mol. The van der Waals surface area contributed by atoms with E-state index in [9.17, 15) is 0 Å². The van der Waals surface area contributed by atoms with Crippen LogP contribution in [-0.2, 0) is 16.8 Å². The van der Waals surface area contributed by atoms with E-state index in [1.165, 1.54) is 0 Å². The molecule has 112 valence electrons. The molecule has 0 radical (unpaired) electrons. The molecule has 0 bridgehead atoms. The quantitative estimate of drug-likeness (QED) is 0.801. The van der Waals surface area contributed by atoms with Crippen LogP contribution in [0.2, 0.25) is 0 Å². The third kappa shape index (κ3) is 3.52. The zero-order valence-corrected chi connectivity index (χ0v) is 14.9. The predicted octanol–water partition coefficient (Wildman–Crippen LogP) is 3.77. The van der Waals surface area contributed by atoms with Crippen molar-refractivity contribution in [2.24, 2.45) is 0 Å². The van der Waals surface area contributed by atoms with Crippen LogP contribution in [0.1, 0.15) is 32.0 Å². The minimum Gasteiger partial charge on any atom is -0.383 e. The van der Waals surface area contributed by atoms with Gasteiger partial charge in [0, 0.05) is 18.1 Å². The highest BCUT2D eigenvalue weighted by molar-refractivity contribution is 14.1. The highest BCUT2D eigenvalue weighted by atomic mass is 127. The maximum Gasteiger partial charge on any atom is 0.162 e. The molecule has 0 spiro atoms. The number of methoxy groups -OCH3 is 1. The van der Waals surface area contributed by atoms with E-state index in [1.54, 1.807) is 7.11 Å². The molecule has 5 heteroatoms. The van der Waals surface area contributed by atoms with E-state index in [-0.39, 0.29) is 5.41 Å². The van der Waals surface area contributed by atoms with Crippen LogP contribution in [0.3, 0.4) is 0 Å². The van der Waals surface area contributed by atoms with Crippen molar-refractivity contribution >= 4 is 28.4 Å². The SMILES string of the molecule is COCc1ccccc1-c1nc(N)c(I)c(C(C)(C)C)n1. The number of anilines is 1. The van der Waals surface area contributed by atoms with Gasteiger partial charge in [0.15, 0.2) is 5.82 Å². The molecule has 1 aromatic heterocycles. The first-order valence-corrected chi connectivity index (χ1v) is 7.83. The Labute approximate surface area is 139 Å². The zero-order chi connectivity index (χ0) is 15.6. The van der Waals surface area contributed by atoms with Crippen LogP contribution in [0.25, 0.3) is 11.4 Å². The summed E-state index contributed by atoms with van der Waals surface area (Å²) in [7, 11) is 1.68. The van der Waals surface area contributed by atoms with Gasteiger partial charge in [-0.15, -0.1) is 0 Å². The van der Waals surface area contributed by atoms with Gasteiger partial charge in [-0.3, -0.25) is 0 Å². The third-order valence-electron chi connectivity index (χ3n) is 3.15. The molecule has 0 aliphatic heterocycles. The Kier molecular flexibility index (Phi) is 4.83. The van der Waals surface area contributed by atoms with Crippen LogP contribution in [-0.4, -0.2) is 17.1 Å². The first kappa shape index (κ1) is 16.2. The number of rotatable bonds is 3. The number of benzene rings is 1. The first-order valence-electron chi connectivity index (χ1n) is 6.75. The van der Waals surface area contributed by atoms with Crippen molar-refractivity contribution in [3.05, 3.63) is 39.1 Å². The highest BCUT2D eigenvalue weighted by Gasteiger charge is 2.23. The molecule has 1 heterocycles. The first-order chi connectivity index (χ1) is 9.84. The summed E-state index contributed by atoms with van der Waals surface area (Å²) in [6.45, 7) is 6.90. The number of nitrogen functional groups attached to an aromatic ring is 1. The number of halogens is 1. The van der Waals surface area contributed by atoms with Gasteiger partial charge in [0.2, 0.25) is 0 Å². The molecule has 21 heavy (non-hydrogen) atoms. The van der Waals surface area contributed by atoms with E-state index in [0.29, 0.717) is 18.2 Å². The van der Waals surface area contributed by atoms with Gasteiger partial charge in [-0.05, 0) is 28.2 Å². The normalized spacial score (nSPS) is 11.7. The van der Waals surface area contributed by atoms with Crippen LogP contribution in [0.5, 0.6) is 0 Å². The molecule has 2 aromatic rings. The Morgan fingerprint density at radius 1 is 1.19 bits per heavy atom. The fraction of sp³-hybridized carbons (Fsp3) is 0.375. The van der Waals surface area contributed by atoms with Crippen LogP contribution in [0.4, 0.5) is 5.82 Å². The molecule has 4 nitrogen and oxygen atoms in total. The van der Waals surface area contributed by atoms with Crippen molar-refractivity contribution in [1.82, 2.24) is 9.97 Å². The molecular formula is C16H20IN3O. The number of ether oxygens (including phenoxy) is 1. The van der Waals surface area contributed by atoms with E-state index >= 15 is 0 Å². The maximum absolute atomic E-state index is 6.09. The predicted molar refractivity (Wildman–Crippen MR) is 94.0 cm³/mol. The lowest BCUT2D eigenvalue weighted by molar-refractivity contribution is 0.185. The van der Waals surface area contributed by atoms with Crippen molar-refractivity contribution in [2.75, 3.05) is 12.8 Å². The summed E-state index contributed by atoms with van der Waals surface area (Å²) in [5.74, 6) is 1.18. The van der Waals surface area contributed by atoms with Gasteiger partial charge < -0.3 is 10.5 Å². The van der Waals surface area contributed by atoms with E-state index in [2.05, 4.69) is 48.3 Å². The molecule has 1 aromatic carbocycles. The zero-order valence-electron chi connectivity index (χ0n) is 12.8. The molecule has 0 atom stereocenters. The van der Waals surface area contributed by atoms with E-state index < -0.39 is 0 Å². The van der Waals surface area contributed by atoms with Crippen LogP contribution >= 0.6 is 22.6 Å². The molecule has 0 amide bonds. The lowest BCUT2D eigenvalue weighted by atomic mass is 9.91. The third-order valence-corrected chi connectivity index (χ3v) is 4.21. The second-order valence-electron chi connectivity index (χ2n) is 5.94. The van der Waals surface area contributed by atoms with Crippen molar-refractivity contribution in [2.45, 2.75) is 32.8 Å². The number of nitrogens with two attached hydrogens (primary N) is 1. The summed E-state index contributed by atoms with van der Waals surface area (Å²) in [6.07, 6.45) is 0. The summed E-state index contributed by atoms with van der Waals surface area (Å²) in [4.78, 5) is 9.23. The Morgan fingerprint density at radius 2 is 1.86 bits per heavy atom. The molecular weight excluding hydrogens is 377 g/mol. The lowest BCUT2D eigenvalue weighted by Gasteiger charge is -2.21. The van der Waals surface area contributed by atoms with Crippen LogP contribution in [0.15, 0.2) is 24.3 Å². The van der Waals surface area contributed by atoms with Gasteiger partial charge in [0.05, 0.1) is 15.9 Å². The van der Waals surface area contributed by atoms with Crippen molar-refractivity contribution in [3.8, 4) is 11.4 Å². The topological polar surface area (TPSA) is 61.0 Å². The summed E-state index contributed by atoms with van der Waals surface area (Å²) >= 11 is 2.22. The Morgan fingerprint density at radius 3 is 2.48 bits per heavy atom. The minimum atomic E-state index is -0.0848. The van der Waals surface area contributed by atoms with E-state index in [4.69, 9.17) is 15.5 Å². The van der Waals surface area contributed by atoms with Gasteiger partial charge >= 0.3 is 0 Å². The number of nitrogens with zero attached hydrogens (tertiary/aromatic N) is 2. The Hall–Kier alpha value is -1.21. The molecule has 0 aliphatic rings. The number of hydrogen-bond donors (Lipinski definition) is 1. The smallest absolute Gasteiger partial charge is 0.162 e. The molecule has 0 fully saturated rings. The van der Waals surface area contributed by atoms with Gasteiger partial charge in [0.25, 0.3) is 0 Å². The van der Waals surface area contributed by atoms with Crippen molar-refractivity contribution in [1.29, 1.82) is 0 Å². The number of aromatic nitrogens is 2.